The first kappa shape index (κ1) is 16.2. The second-order valence-corrected chi connectivity index (χ2v) is 7.15. The van der Waals surface area contributed by atoms with Crippen LogP contribution in [0.25, 0.3) is 22.2 Å². The SMILES string of the molecule is COc1cc2cc3c([n+](C)c2cc1OC)-c1ccc(N2CCC2)cc1OC3. The summed E-state index contributed by atoms with van der Waals surface area (Å²) in [7, 11) is 5.44. The molecule has 0 bridgehead atoms. The van der Waals surface area contributed by atoms with Gasteiger partial charge in [-0.25, -0.2) is 0 Å². The number of ether oxygens (including phenoxy) is 3. The van der Waals surface area contributed by atoms with E-state index in [-0.39, 0.29) is 0 Å². The average Bonchev–Trinajstić information content (AvgIpc) is 2.65. The molecule has 1 fully saturated rings. The molecule has 1 aromatic heterocycles. The summed E-state index contributed by atoms with van der Waals surface area (Å²) in [5, 5.41) is 1.11. The van der Waals surface area contributed by atoms with Gasteiger partial charge in [-0.3, -0.25) is 0 Å². The third-order valence-corrected chi connectivity index (χ3v) is 5.69. The minimum atomic E-state index is 0.573. The van der Waals surface area contributed by atoms with Crippen molar-refractivity contribution in [1.82, 2.24) is 0 Å². The fourth-order valence-electron chi connectivity index (χ4n) is 4.10. The summed E-state index contributed by atoms with van der Waals surface area (Å²) in [5.41, 5.74) is 5.87. The molecule has 138 valence electrons. The van der Waals surface area contributed by atoms with Crippen molar-refractivity contribution in [1.29, 1.82) is 0 Å². The molecule has 0 aliphatic carbocycles. The average molecular weight is 363 g/mol. The monoisotopic (exact) mass is 363 g/mol. The van der Waals surface area contributed by atoms with Gasteiger partial charge in [-0.2, -0.15) is 4.57 Å². The largest absolute Gasteiger partial charge is 0.493 e. The highest BCUT2D eigenvalue weighted by Crippen LogP contribution is 2.40. The maximum atomic E-state index is 6.12. The Balaban J connectivity index is 1.70. The van der Waals surface area contributed by atoms with E-state index in [9.17, 15) is 0 Å². The number of rotatable bonds is 3. The van der Waals surface area contributed by atoms with Gasteiger partial charge >= 0.3 is 0 Å². The van der Waals surface area contributed by atoms with Gasteiger partial charge in [-0.1, -0.05) is 0 Å². The van der Waals surface area contributed by atoms with E-state index in [0.29, 0.717) is 6.61 Å². The molecule has 0 atom stereocenters. The van der Waals surface area contributed by atoms with Crippen LogP contribution in [0.2, 0.25) is 0 Å². The van der Waals surface area contributed by atoms with Gasteiger partial charge < -0.3 is 19.1 Å². The van der Waals surface area contributed by atoms with Gasteiger partial charge in [0, 0.05) is 24.8 Å². The molecule has 0 saturated carbocycles. The van der Waals surface area contributed by atoms with Gasteiger partial charge in [0.1, 0.15) is 19.4 Å². The molecule has 2 aliphatic rings. The standard InChI is InChI=1S/C22H23N2O3/c1-23-18-12-21(26-3)20(25-2)10-14(18)9-15-13-27-19-11-16(24-7-4-8-24)5-6-17(19)22(15)23/h5-6,9-12H,4,7-8,13H2,1-3H3/q+1. The molecule has 2 aliphatic heterocycles. The van der Waals surface area contributed by atoms with E-state index in [1.54, 1.807) is 14.2 Å². The Bertz CT molecular complexity index is 1060. The van der Waals surface area contributed by atoms with Crippen LogP contribution in [0.4, 0.5) is 5.69 Å². The van der Waals surface area contributed by atoms with Crippen LogP contribution in [-0.4, -0.2) is 27.3 Å². The first-order valence-corrected chi connectivity index (χ1v) is 9.29. The van der Waals surface area contributed by atoms with Crippen LogP contribution in [0.3, 0.4) is 0 Å². The van der Waals surface area contributed by atoms with Crippen molar-refractivity contribution >= 4 is 16.6 Å². The van der Waals surface area contributed by atoms with Gasteiger partial charge in [0.2, 0.25) is 11.2 Å². The zero-order valence-electron chi connectivity index (χ0n) is 15.9. The van der Waals surface area contributed by atoms with E-state index in [0.717, 1.165) is 46.8 Å². The highest BCUT2D eigenvalue weighted by molar-refractivity contribution is 5.84. The molecule has 3 heterocycles. The van der Waals surface area contributed by atoms with Crippen molar-refractivity contribution in [3.8, 4) is 28.5 Å². The van der Waals surface area contributed by atoms with E-state index < -0.39 is 0 Å². The lowest BCUT2D eigenvalue weighted by Crippen LogP contribution is -2.37. The summed E-state index contributed by atoms with van der Waals surface area (Å²) in [5.74, 6) is 2.43. The van der Waals surface area contributed by atoms with Crippen molar-refractivity contribution in [3.05, 3.63) is 42.0 Å². The number of hydrogen-bond donors (Lipinski definition) is 0. The summed E-state index contributed by atoms with van der Waals surface area (Å²) in [6.07, 6.45) is 1.27. The highest BCUT2D eigenvalue weighted by Gasteiger charge is 2.29. The van der Waals surface area contributed by atoms with Crippen LogP contribution in [0, 0.1) is 0 Å². The molecular weight excluding hydrogens is 340 g/mol. The third-order valence-electron chi connectivity index (χ3n) is 5.69. The van der Waals surface area contributed by atoms with Crippen molar-refractivity contribution in [2.45, 2.75) is 13.0 Å². The molecule has 1 saturated heterocycles. The Morgan fingerprint density at radius 3 is 2.48 bits per heavy atom. The van der Waals surface area contributed by atoms with Crippen molar-refractivity contribution in [2.24, 2.45) is 7.05 Å². The molecule has 0 unspecified atom stereocenters. The lowest BCUT2D eigenvalue weighted by molar-refractivity contribution is -0.634. The second kappa shape index (κ2) is 6.05. The molecule has 5 nitrogen and oxygen atoms in total. The molecular formula is C22H23N2O3+. The zero-order chi connectivity index (χ0) is 18.5. The topological polar surface area (TPSA) is 34.8 Å². The fourth-order valence-corrected chi connectivity index (χ4v) is 4.10. The quantitative estimate of drug-likeness (QED) is 0.668. The molecule has 0 amide bonds. The van der Waals surface area contributed by atoms with Crippen molar-refractivity contribution in [2.75, 3.05) is 32.2 Å². The van der Waals surface area contributed by atoms with Crippen LogP contribution in [0.5, 0.6) is 17.2 Å². The number of methoxy groups -OCH3 is 2. The van der Waals surface area contributed by atoms with Gasteiger partial charge in [-0.15, -0.1) is 0 Å². The number of aryl methyl sites for hydroxylation is 1. The van der Waals surface area contributed by atoms with Gasteiger partial charge in [-0.05, 0) is 30.7 Å². The van der Waals surface area contributed by atoms with E-state index in [1.165, 1.54) is 23.4 Å². The number of aromatic nitrogens is 1. The first-order valence-electron chi connectivity index (χ1n) is 9.29. The Kier molecular flexibility index (Phi) is 3.64. The molecule has 5 heteroatoms. The molecule has 3 aromatic rings. The van der Waals surface area contributed by atoms with Crippen molar-refractivity contribution < 1.29 is 18.8 Å². The van der Waals surface area contributed by atoms with Gasteiger partial charge in [0.25, 0.3) is 0 Å². The maximum absolute atomic E-state index is 6.12. The van der Waals surface area contributed by atoms with Crippen LogP contribution < -0.4 is 23.7 Å². The first-order chi connectivity index (χ1) is 13.2. The summed E-state index contributed by atoms with van der Waals surface area (Å²) in [6, 6.07) is 12.8. The zero-order valence-corrected chi connectivity index (χ0v) is 15.9. The molecule has 2 aromatic carbocycles. The summed E-state index contributed by atoms with van der Waals surface area (Å²) >= 11 is 0. The minimum Gasteiger partial charge on any atom is -0.493 e. The van der Waals surface area contributed by atoms with E-state index >= 15 is 0 Å². The Hall–Kier alpha value is -2.95. The highest BCUT2D eigenvalue weighted by atomic mass is 16.5. The lowest BCUT2D eigenvalue weighted by Gasteiger charge is -2.33. The van der Waals surface area contributed by atoms with Gasteiger partial charge in [0.15, 0.2) is 11.5 Å². The van der Waals surface area contributed by atoms with E-state index in [1.807, 2.05) is 12.1 Å². The predicted molar refractivity (Wildman–Crippen MR) is 105 cm³/mol. The number of pyridine rings is 1. The normalized spacial score (nSPS) is 14.9. The molecule has 5 rings (SSSR count). The second-order valence-electron chi connectivity index (χ2n) is 7.15. The van der Waals surface area contributed by atoms with Crippen LogP contribution >= 0.6 is 0 Å². The molecule has 0 radical (unpaired) electrons. The third kappa shape index (κ3) is 2.41. The Morgan fingerprint density at radius 2 is 1.78 bits per heavy atom. The lowest BCUT2D eigenvalue weighted by atomic mass is 9.98. The number of hydrogen-bond acceptors (Lipinski definition) is 4. The van der Waals surface area contributed by atoms with Crippen LogP contribution in [0.15, 0.2) is 36.4 Å². The molecule has 0 N–H and O–H groups in total. The van der Waals surface area contributed by atoms with E-state index in [4.69, 9.17) is 14.2 Å². The summed E-state index contributed by atoms with van der Waals surface area (Å²) in [4.78, 5) is 2.39. The maximum Gasteiger partial charge on any atom is 0.223 e. The van der Waals surface area contributed by atoms with Gasteiger partial charge in [0.05, 0.1) is 36.8 Å². The molecule has 27 heavy (non-hydrogen) atoms. The number of fused-ring (bicyclic) bond motifs is 4. The van der Waals surface area contributed by atoms with E-state index in [2.05, 4.69) is 40.8 Å². The number of benzene rings is 2. The fraction of sp³-hybridized carbons (Fsp3) is 0.318. The summed E-state index contributed by atoms with van der Waals surface area (Å²) in [6.45, 7) is 2.84. The number of nitrogens with zero attached hydrogens (tertiary/aromatic N) is 2. The Morgan fingerprint density at radius 1 is 1.00 bits per heavy atom. The number of anilines is 1. The van der Waals surface area contributed by atoms with Crippen LogP contribution in [-0.2, 0) is 13.7 Å². The minimum absolute atomic E-state index is 0.573. The summed E-state index contributed by atoms with van der Waals surface area (Å²) < 4.78 is 19.3. The molecule has 0 spiro atoms. The predicted octanol–water partition coefficient (Wildman–Crippen LogP) is 3.45. The Labute approximate surface area is 158 Å². The smallest absolute Gasteiger partial charge is 0.223 e. The van der Waals surface area contributed by atoms with Crippen LogP contribution in [0.1, 0.15) is 12.0 Å². The van der Waals surface area contributed by atoms with Crippen molar-refractivity contribution in [3.63, 3.8) is 0 Å².